The molecule has 24 heavy (non-hydrogen) atoms. The number of benzene rings is 1. The highest BCUT2D eigenvalue weighted by Crippen LogP contribution is 2.24. The molecule has 0 aliphatic carbocycles. The highest BCUT2D eigenvalue weighted by atomic mass is 32.2. The molecule has 1 aromatic rings. The van der Waals surface area contributed by atoms with Crippen LogP contribution in [0.1, 0.15) is 19.3 Å². The number of ether oxygens (including phenoxy) is 1. The van der Waals surface area contributed by atoms with Gasteiger partial charge in [0, 0.05) is 25.3 Å². The molecule has 0 aromatic heterocycles. The summed E-state index contributed by atoms with van der Waals surface area (Å²) in [4.78, 5) is 13.4. The van der Waals surface area contributed by atoms with Crippen molar-refractivity contribution in [1.29, 1.82) is 0 Å². The van der Waals surface area contributed by atoms with E-state index < -0.39 is 16.1 Å². The molecule has 0 saturated carbocycles. The third-order valence-corrected chi connectivity index (χ3v) is 5.22. The molecule has 1 amide bonds. The fourth-order valence-electron chi connectivity index (χ4n) is 2.80. The maximum atomic E-state index is 12.0. The number of hydrogen-bond acceptors (Lipinski definition) is 5. The average Bonchev–Trinajstić information content (AvgIpc) is 2.58. The lowest BCUT2D eigenvalue weighted by Crippen LogP contribution is -2.38. The second kappa shape index (κ2) is 8.23. The van der Waals surface area contributed by atoms with Gasteiger partial charge in [-0.25, -0.2) is 13.2 Å². The largest absolute Gasteiger partial charge is 0.453 e. The third kappa shape index (κ3) is 5.02. The minimum absolute atomic E-state index is 0.150. The summed E-state index contributed by atoms with van der Waals surface area (Å²) in [6.45, 7) is 2.40. The van der Waals surface area contributed by atoms with Gasteiger partial charge >= 0.3 is 6.09 Å². The van der Waals surface area contributed by atoms with E-state index in [9.17, 15) is 13.2 Å². The van der Waals surface area contributed by atoms with E-state index in [0.29, 0.717) is 5.69 Å². The quantitative estimate of drug-likeness (QED) is 0.842. The normalized spacial score (nSPS) is 15.0. The lowest BCUT2D eigenvalue weighted by Gasteiger charge is -2.29. The number of nitrogens with zero attached hydrogens (tertiary/aromatic N) is 2. The van der Waals surface area contributed by atoms with Crippen LogP contribution in [0.15, 0.2) is 24.3 Å². The molecule has 7 nitrogen and oxygen atoms in total. The van der Waals surface area contributed by atoms with Gasteiger partial charge in [-0.1, -0.05) is 0 Å². The molecular weight excluding hydrogens is 330 g/mol. The van der Waals surface area contributed by atoms with Crippen LogP contribution in [0.5, 0.6) is 0 Å². The van der Waals surface area contributed by atoms with E-state index in [1.165, 1.54) is 30.7 Å². The lowest BCUT2D eigenvalue weighted by atomic mass is 10.1. The minimum Gasteiger partial charge on any atom is -0.453 e. The summed E-state index contributed by atoms with van der Waals surface area (Å²) in [6.07, 6.45) is 4.23. The fraction of sp³-hybridized carbons (Fsp3) is 0.562. The van der Waals surface area contributed by atoms with Gasteiger partial charge in [0.25, 0.3) is 0 Å². The van der Waals surface area contributed by atoms with Crippen molar-refractivity contribution in [2.45, 2.75) is 19.3 Å². The predicted molar refractivity (Wildman–Crippen MR) is 95.1 cm³/mol. The summed E-state index contributed by atoms with van der Waals surface area (Å²) in [5.74, 6) is 0. The molecule has 0 bridgehead atoms. The number of hydrogen-bond donors (Lipinski definition) is 1. The van der Waals surface area contributed by atoms with Gasteiger partial charge in [0.2, 0.25) is 10.0 Å². The van der Waals surface area contributed by atoms with Gasteiger partial charge in [0.15, 0.2) is 0 Å². The first-order chi connectivity index (χ1) is 11.4. The van der Waals surface area contributed by atoms with Crippen molar-refractivity contribution >= 4 is 27.5 Å². The van der Waals surface area contributed by atoms with Crippen LogP contribution in [0.25, 0.3) is 0 Å². The zero-order valence-electron chi connectivity index (χ0n) is 14.2. The fourth-order valence-corrected chi connectivity index (χ4v) is 3.73. The van der Waals surface area contributed by atoms with Crippen molar-refractivity contribution in [3.8, 4) is 0 Å². The minimum atomic E-state index is -3.43. The molecule has 0 unspecified atom stereocenters. The van der Waals surface area contributed by atoms with E-state index in [-0.39, 0.29) is 13.1 Å². The number of nitrogens with one attached hydrogen (secondary N) is 1. The Labute approximate surface area is 143 Å². The first-order valence-corrected chi connectivity index (χ1v) is 9.91. The summed E-state index contributed by atoms with van der Waals surface area (Å²) in [5, 5.41) is 2.49. The van der Waals surface area contributed by atoms with Crippen molar-refractivity contribution in [2.24, 2.45) is 0 Å². The van der Waals surface area contributed by atoms with E-state index >= 15 is 0 Å². The standard InChI is InChI=1S/C16H25N3O4S/c1-23-16(20)17-10-13-19(24(2,21)22)15-8-6-14(7-9-15)18-11-4-3-5-12-18/h6-9H,3-5,10-13H2,1-2H3,(H,17,20). The predicted octanol–water partition coefficient (Wildman–Crippen LogP) is 1.80. The molecular formula is C16H25N3O4S. The number of amides is 1. The van der Waals surface area contributed by atoms with Gasteiger partial charge < -0.3 is 15.0 Å². The second-order valence-corrected chi connectivity index (χ2v) is 7.72. The molecule has 1 saturated heterocycles. The highest BCUT2D eigenvalue weighted by Gasteiger charge is 2.18. The van der Waals surface area contributed by atoms with Crippen LogP contribution in [0.3, 0.4) is 0 Å². The molecule has 1 N–H and O–H groups in total. The van der Waals surface area contributed by atoms with Crippen LogP contribution in [0, 0.1) is 0 Å². The molecule has 1 heterocycles. The molecule has 1 aromatic carbocycles. The Bertz CT molecular complexity index is 640. The van der Waals surface area contributed by atoms with Gasteiger partial charge in [0.05, 0.1) is 25.6 Å². The average molecular weight is 355 g/mol. The SMILES string of the molecule is COC(=O)NCCN(c1ccc(N2CCCCC2)cc1)S(C)(=O)=O. The van der Waals surface area contributed by atoms with Gasteiger partial charge in [-0.3, -0.25) is 4.31 Å². The summed E-state index contributed by atoms with van der Waals surface area (Å²) in [6, 6.07) is 7.52. The topological polar surface area (TPSA) is 79.0 Å². The van der Waals surface area contributed by atoms with Crippen molar-refractivity contribution in [2.75, 3.05) is 48.7 Å². The summed E-state index contributed by atoms with van der Waals surface area (Å²) in [5.41, 5.74) is 1.70. The maximum Gasteiger partial charge on any atom is 0.406 e. The highest BCUT2D eigenvalue weighted by molar-refractivity contribution is 7.92. The number of sulfonamides is 1. The Morgan fingerprint density at radius 1 is 1.21 bits per heavy atom. The molecule has 134 valence electrons. The molecule has 2 rings (SSSR count). The van der Waals surface area contributed by atoms with Gasteiger partial charge in [-0.05, 0) is 43.5 Å². The Hall–Kier alpha value is -1.96. The van der Waals surface area contributed by atoms with Crippen molar-refractivity contribution < 1.29 is 17.9 Å². The molecule has 1 aliphatic heterocycles. The first kappa shape index (κ1) is 18.4. The van der Waals surface area contributed by atoms with E-state index in [1.54, 1.807) is 0 Å². The second-order valence-electron chi connectivity index (χ2n) is 5.82. The zero-order valence-corrected chi connectivity index (χ0v) is 15.0. The summed E-state index contributed by atoms with van der Waals surface area (Å²) in [7, 11) is -2.17. The number of piperidine rings is 1. The van der Waals surface area contributed by atoms with E-state index in [0.717, 1.165) is 25.0 Å². The Morgan fingerprint density at radius 3 is 2.38 bits per heavy atom. The smallest absolute Gasteiger partial charge is 0.406 e. The number of carbonyl (C=O) groups excluding carboxylic acids is 1. The number of methoxy groups -OCH3 is 1. The van der Waals surface area contributed by atoms with Gasteiger partial charge in [-0.2, -0.15) is 0 Å². The molecule has 1 fully saturated rings. The van der Waals surface area contributed by atoms with Crippen LogP contribution in [0.4, 0.5) is 16.2 Å². The monoisotopic (exact) mass is 355 g/mol. The Balaban J connectivity index is 2.07. The van der Waals surface area contributed by atoms with E-state index in [4.69, 9.17) is 0 Å². The van der Waals surface area contributed by atoms with Crippen LogP contribution in [0.2, 0.25) is 0 Å². The van der Waals surface area contributed by atoms with Crippen molar-refractivity contribution in [3.05, 3.63) is 24.3 Å². The number of rotatable bonds is 6. The van der Waals surface area contributed by atoms with Crippen LogP contribution >= 0.6 is 0 Å². The molecule has 0 radical (unpaired) electrons. The lowest BCUT2D eigenvalue weighted by molar-refractivity contribution is 0.171. The van der Waals surface area contributed by atoms with Crippen LogP contribution < -0.4 is 14.5 Å². The number of carbonyl (C=O) groups is 1. The Kier molecular flexibility index (Phi) is 6.30. The first-order valence-electron chi connectivity index (χ1n) is 8.06. The maximum absolute atomic E-state index is 12.0. The van der Waals surface area contributed by atoms with E-state index in [2.05, 4.69) is 15.0 Å². The van der Waals surface area contributed by atoms with Crippen LogP contribution in [-0.2, 0) is 14.8 Å². The van der Waals surface area contributed by atoms with Crippen molar-refractivity contribution in [1.82, 2.24) is 5.32 Å². The summed E-state index contributed by atoms with van der Waals surface area (Å²) < 4.78 is 29.8. The van der Waals surface area contributed by atoms with Crippen molar-refractivity contribution in [3.63, 3.8) is 0 Å². The molecule has 8 heteroatoms. The third-order valence-electron chi connectivity index (χ3n) is 4.03. The number of alkyl carbamates (subject to hydrolysis) is 1. The Morgan fingerprint density at radius 2 is 1.83 bits per heavy atom. The molecule has 1 aliphatic rings. The zero-order chi connectivity index (χ0) is 17.6. The molecule has 0 atom stereocenters. The van der Waals surface area contributed by atoms with Gasteiger partial charge in [-0.15, -0.1) is 0 Å². The van der Waals surface area contributed by atoms with E-state index in [1.807, 2.05) is 24.3 Å². The van der Waals surface area contributed by atoms with Gasteiger partial charge in [0.1, 0.15) is 0 Å². The van der Waals surface area contributed by atoms with Crippen LogP contribution in [-0.4, -0.2) is 54.1 Å². The summed E-state index contributed by atoms with van der Waals surface area (Å²) >= 11 is 0. The number of anilines is 2. The molecule has 0 spiro atoms.